The largest absolute Gasteiger partial charge is 0.465 e. The molecule has 1 atom stereocenters. The standard InChI is InChI=1S/C16H28O3.C9H14N2O7/c1-13(14(18)19-11-6-5-10-17)16(4)9-7-8-15(2,3)12-16;12-3-1-2-4-18-7(13)6(11-9(16)17)5-10-8(14)15/h17H,1,5-12H2,2-4H3;5,10-12H,1-4H2,(H,14,15)(H,16,17). The minimum Gasteiger partial charge on any atom is -0.465 e. The van der Waals surface area contributed by atoms with E-state index in [9.17, 15) is 19.2 Å². The summed E-state index contributed by atoms with van der Waals surface area (Å²) in [6.45, 7) is 11.1. The topological polar surface area (TPSA) is 192 Å². The molecule has 0 aromatic heterocycles. The average molecular weight is 531 g/mol. The third kappa shape index (κ3) is 14.9. The van der Waals surface area contributed by atoms with Crippen LogP contribution in [0.2, 0.25) is 0 Å². The first-order chi connectivity index (χ1) is 17.3. The number of rotatable bonds is 13. The molecule has 37 heavy (non-hydrogen) atoms. The Kier molecular flexibility index (Phi) is 15.9. The van der Waals surface area contributed by atoms with Crippen molar-refractivity contribution < 1.29 is 49.1 Å². The molecule has 1 fully saturated rings. The van der Waals surface area contributed by atoms with Crippen molar-refractivity contribution in [2.24, 2.45) is 10.8 Å². The second kappa shape index (κ2) is 17.4. The summed E-state index contributed by atoms with van der Waals surface area (Å²) in [6, 6.07) is 0. The van der Waals surface area contributed by atoms with Crippen molar-refractivity contribution in [2.45, 2.75) is 72.1 Å². The van der Waals surface area contributed by atoms with Crippen molar-refractivity contribution in [3.05, 3.63) is 24.0 Å². The van der Waals surface area contributed by atoms with Crippen LogP contribution in [0.4, 0.5) is 9.59 Å². The number of amides is 2. The van der Waals surface area contributed by atoms with Gasteiger partial charge in [-0.05, 0) is 55.8 Å². The highest BCUT2D eigenvalue weighted by atomic mass is 16.5. The van der Waals surface area contributed by atoms with E-state index >= 15 is 0 Å². The number of aliphatic hydroxyl groups is 2. The first kappa shape index (κ1) is 33.9. The third-order valence-electron chi connectivity index (χ3n) is 5.80. The molecule has 1 aliphatic carbocycles. The summed E-state index contributed by atoms with van der Waals surface area (Å²) in [5.74, 6) is -1.28. The van der Waals surface area contributed by atoms with Gasteiger partial charge in [-0.1, -0.05) is 33.8 Å². The number of nitrogens with one attached hydrogen (secondary N) is 2. The lowest BCUT2D eigenvalue weighted by Gasteiger charge is -2.43. The van der Waals surface area contributed by atoms with Crippen LogP contribution >= 0.6 is 0 Å². The van der Waals surface area contributed by atoms with Gasteiger partial charge in [-0.15, -0.1) is 0 Å². The van der Waals surface area contributed by atoms with Crippen LogP contribution in [0.25, 0.3) is 0 Å². The number of carbonyl (C=O) groups is 4. The summed E-state index contributed by atoms with van der Waals surface area (Å²) in [5.41, 5.74) is 0.210. The second-order valence-corrected chi connectivity index (χ2v) is 9.80. The second-order valence-electron chi connectivity index (χ2n) is 9.80. The molecule has 1 aliphatic rings. The molecule has 212 valence electrons. The van der Waals surface area contributed by atoms with Crippen LogP contribution in [-0.4, -0.2) is 71.0 Å². The zero-order valence-electron chi connectivity index (χ0n) is 22.0. The normalized spacial score (nSPS) is 18.5. The Morgan fingerprint density at radius 2 is 1.41 bits per heavy atom. The average Bonchev–Trinajstić information content (AvgIpc) is 2.80. The number of carbonyl (C=O) groups excluding carboxylic acids is 2. The summed E-state index contributed by atoms with van der Waals surface area (Å²) in [6.07, 6.45) is 4.27. The summed E-state index contributed by atoms with van der Waals surface area (Å²) >= 11 is 0. The lowest BCUT2D eigenvalue weighted by atomic mass is 9.62. The maximum absolute atomic E-state index is 12.0. The van der Waals surface area contributed by atoms with Gasteiger partial charge in [0.1, 0.15) is 5.70 Å². The summed E-state index contributed by atoms with van der Waals surface area (Å²) < 4.78 is 9.91. The fraction of sp³-hybridized carbons (Fsp3) is 0.680. The van der Waals surface area contributed by atoms with Gasteiger partial charge in [0.15, 0.2) is 0 Å². The van der Waals surface area contributed by atoms with E-state index in [4.69, 9.17) is 25.2 Å². The smallest absolute Gasteiger partial charge is 0.409 e. The summed E-state index contributed by atoms with van der Waals surface area (Å²) in [7, 11) is 0. The molecule has 2 amide bonds. The third-order valence-corrected chi connectivity index (χ3v) is 5.80. The highest BCUT2D eigenvalue weighted by Crippen LogP contribution is 2.49. The minimum atomic E-state index is -1.53. The van der Waals surface area contributed by atoms with Crippen LogP contribution in [-0.2, 0) is 19.1 Å². The molecule has 12 nitrogen and oxygen atoms in total. The molecule has 1 rings (SSSR count). The lowest BCUT2D eigenvalue weighted by Crippen LogP contribution is -2.35. The first-order valence-electron chi connectivity index (χ1n) is 12.2. The highest BCUT2D eigenvalue weighted by molar-refractivity contribution is 5.92. The van der Waals surface area contributed by atoms with E-state index in [1.165, 1.54) is 6.42 Å². The van der Waals surface area contributed by atoms with E-state index in [0.29, 0.717) is 44.1 Å². The predicted molar refractivity (Wildman–Crippen MR) is 134 cm³/mol. The molecule has 1 saturated carbocycles. The molecule has 0 bridgehead atoms. The molecule has 0 radical (unpaired) electrons. The predicted octanol–water partition coefficient (Wildman–Crippen LogP) is 3.14. The van der Waals surface area contributed by atoms with Gasteiger partial charge in [0.2, 0.25) is 0 Å². The van der Waals surface area contributed by atoms with Crippen LogP contribution in [0.1, 0.15) is 72.1 Å². The SMILES string of the molecule is C=C(C(=O)OCCCCO)C1(C)CCCC(C)(C)C1.O=C(O)NC=C(NC(=O)O)C(=O)OCCCCO. The molecule has 0 aromatic rings. The van der Waals surface area contributed by atoms with Gasteiger partial charge in [0.05, 0.1) is 13.2 Å². The van der Waals surface area contributed by atoms with Gasteiger partial charge in [0.25, 0.3) is 0 Å². The zero-order chi connectivity index (χ0) is 28.5. The molecule has 0 spiro atoms. The first-order valence-corrected chi connectivity index (χ1v) is 12.2. The van der Waals surface area contributed by atoms with Crippen molar-refractivity contribution in [1.29, 1.82) is 0 Å². The lowest BCUT2D eigenvalue weighted by molar-refractivity contribution is -0.141. The Morgan fingerprint density at radius 1 is 0.865 bits per heavy atom. The maximum atomic E-state index is 12.0. The van der Waals surface area contributed by atoms with E-state index < -0.39 is 23.9 Å². The van der Waals surface area contributed by atoms with Crippen molar-refractivity contribution in [3.63, 3.8) is 0 Å². The van der Waals surface area contributed by atoms with E-state index in [-0.39, 0.29) is 36.6 Å². The Bertz CT molecular complexity index is 809. The monoisotopic (exact) mass is 530 g/mol. The van der Waals surface area contributed by atoms with E-state index in [1.54, 1.807) is 10.6 Å². The number of hydrogen-bond donors (Lipinski definition) is 6. The molecular formula is C25H42N2O10. The molecule has 0 aliphatic heterocycles. The van der Waals surface area contributed by atoms with E-state index in [2.05, 4.69) is 32.1 Å². The number of esters is 2. The van der Waals surface area contributed by atoms with Crippen LogP contribution in [0, 0.1) is 10.8 Å². The van der Waals surface area contributed by atoms with Gasteiger partial charge in [0, 0.05) is 25.0 Å². The van der Waals surface area contributed by atoms with Gasteiger partial charge in [-0.25, -0.2) is 19.2 Å². The molecule has 0 heterocycles. The fourth-order valence-electron chi connectivity index (χ4n) is 4.01. The molecule has 1 unspecified atom stereocenters. The van der Waals surface area contributed by atoms with Crippen LogP contribution in [0.5, 0.6) is 0 Å². The van der Waals surface area contributed by atoms with Gasteiger partial charge in [-0.3, -0.25) is 10.6 Å². The van der Waals surface area contributed by atoms with E-state index in [0.717, 1.165) is 19.3 Å². The van der Waals surface area contributed by atoms with Gasteiger partial charge < -0.3 is 29.9 Å². The number of unbranched alkanes of at least 4 members (excludes halogenated alkanes) is 2. The Hall–Kier alpha value is -3.12. The van der Waals surface area contributed by atoms with Crippen molar-refractivity contribution >= 4 is 24.1 Å². The Labute approximate surface area is 217 Å². The van der Waals surface area contributed by atoms with Crippen LogP contribution < -0.4 is 10.6 Å². The van der Waals surface area contributed by atoms with Crippen LogP contribution in [0.15, 0.2) is 24.0 Å². The number of ether oxygens (including phenoxy) is 2. The summed E-state index contributed by atoms with van der Waals surface area (Å²) in [5, 5.41) is 37.4. The number of aliphatic hydroxyl groups excluding tert-OH is 2. The number of hydrogen-bond acceptors (Lipinski definition) is 8. The zero-order valence-corrected chi connectivity index (χ0v) is 22.0. The highest BCUT2D eigenvalue weighted by Gasteiger charge is 2.41. The Balaban J connectivity index is 0.000000702. The molecule has 12 heteroatoms. The van der Waals surface area contributed by atoms with Crippen LogP contribution in [0.3, 0.4) is 0 Å². The van der Waals surface area contributed by atoms with Gasteiger partial charge in [-0.2, -0.15) is 0 Å². The van der Waals surface area contributed by atoms with Crippen molar-refractivity contribution in [1.82, 2.24) is 10.6 Å². The van der Waals surface area contributed by atoms with Crippen molar-refractivity contribution in [2.75, 3.05) is 26.4 Å². The maximum Gasteiger partial charge on any atom is 0.409 e. The minimum absolute atomic E-state index is 0.00883. The van der Waals surface area contributed by atoms with E-state index in [1.807, 2.05) is 0 Å². The quantitative estimate of drug-likeness (QED) is 0.117. The fourth-order valence-corrected chi connectivity index (χ4v) is 4.01. The Morgan fingerprint density at radius 3 is 1.86 bits per heavy atom. The van der Waals surface area contributed by atoms with Gasteiger partial charge >= 0.3 is 24.1 Å². The molecule has 6 N–H and O–H groups in total. The molecule has 0 saturated heterocycles. The molecular weight excluding hydrogens is 488 g/mol. The van der Waals surface area contributed by atoms with Crippen molar-refractivity contribution in [3.8, 4) is 0 Å². The molecule has 0 aromatic carbocycles. The number of carboxylic acid groups (broad SMARTS) is 2. The summed E-state index contributed by atoms with van der Waals surface area (Å²) in [4.78, 5) is 43.9.